The molecule has 0 unspecified atom stereocenters. The smallest absolute Gasteiger partial charge is 0.405 e. The number of anilines is 1. The van der Waals surface area contributed by atoms with Crippen LogP contribution in [0.2, 0.25) is 0 Å². The van der Waals surface area contributed by atoms with Crippen LogP contribution in [-0.2, 0) is 21.2 Å². The third-order valence-electron chi connectivity index (χ3n) is 3.58. The summed E-state index contributed by atoms with van der Waals surface area (Å²) >= 11 is 0. The van der Waals surface area contributed by atoms with Crippen molar-refractivity contribution in [2.45, 2.75) is 24.6 Å². The Bertz CT molecular complexity index is 1000. The van der Waals surface area contributed by atoms with E-state index in [0.29, 0.717) is 12.0 Å². The van der Waals surface area contributed by atoms with Crippen molar-refractivity contribution in [2.75, 3.05) is 5.32 Å². The average molecular weight is 414 g/mol. The van der Waals surface area contributed by atoms with Crippen LogP contribution in [0.4, 0.5) is 18.9 Å². The summed E-state index contributed by atoms with van der Waals surface area (Å²) in [5, 5.41) is 7.61. The lowest BCUT2D eigenvalue weighted by molar-refractivity contribution is -0.274. The van der Waals surface area contributed by atoms with E-state index in [1.54, 1.807) is 6.92 Å². The summed E-state index contributed by atoms with van der Waals surface area (Å²) < 4.78 is 64.5. The average Bonchev–Trinajstić information content (AvgIpc) is 2.59. The fraction of sp³-hybridized carbons (Fsp3) is 0.167. The van der Waals surface area contributed by atoms with Gasteiger partial charge < -0.3 is 10.1 Å². The summed E-state index contributed by atoms with van der Waals surface area (Å²) in [5.74, 6) is -1.13. The van der Waals surface area contributed by atoms with Gasteiger partial charge in [0.1, 0.15) is 5.75 Å². The Kier molecular flexibility index (Phi) is 6.47. The molecule has 0 aliphatic heterocycles. The number of nitrogens with two attached hydrogens (primary N) is 1. The van der Waals surface area contributed by atoms with E-state index < -0.39 is 28.0 Å². The van der Waals surface area contributed by atoms with Gasteiger partial charge in [-0.1, -0.05) is 31.2 Å². The topological polar surface area (TPSA) is 98.5 Å². The number of carbonyl (C=O) groups excluding carboxylic acids is 1. The summed E-state index contributed by atoms with van der Waals surface area (Å²) in [5.41, 5.74) is 0.714. The quantitative estimate of drug-likeness (QED) is 0.708. The zero-order chi connectivity index (χ0) is 20.9. The highest BCUT2D eigenvalue weighted by Crippen LogP contribution is 2.27. The van der Waals surface area contributed by atoms with E-state index in [9.17, 15) is 26.4 Å². The molecule has 150 valence electrons. The maximum atomic E-state index is 12.4. The maximum absolute atomic E-state index is 12.4. The zero-order valence-corrected chi connectivity index (χ0v) is 15.5. The van der Waals surface area contributed by atoms with Gasteiger partial charge in [0.15, 0.2) is 0 Å². The molecule has 0 fully saturated rings. The lowest BCUT2D eigenvalue weighted by Crippen LogP contribution is -2.17. The van der Waals surface area contributed by atoms with Gasteiger partial charge in [0, 0.05) is 17.3 Å². The number of carbonyl (C=O) groups is 1. The van der Waals surface area contributed by atoms with Gasteiger partial charge >= 0.3 is 6.36 Å². The number of hydrogen-bond donors (Lipinski definition) is 2. The van der Waals surface area contributed by atoms with E-state index in [0.717, 1.165) is 18.2 Å². The zero-order valence-electron chi connectivity index (χ0n) is 14.7. The van der Waals surface area contributed by atoms with Gasteiger partial charge in [-0.2, -0.15) is 0 Å². The van der Waals surface area contributed by atoms with Crippen molar-refractivity contribution in [1.82, 2.24) is 0 Å². The first-order chi connectivity index (χ1) is 13.0. The number of halogens is 3. The third kappa shape index (κ3) is 6.10. The first-order valence-electron chi connectivity index (χ1n) is 7.99. The summed E-state index contributed by atoms with van der Waals surface area (Å²) in [4.78, 5) is 11.9. The predicted octanol–water partition coefficient (Wildman–Crippen LogP) is 3.45. The SMILES string of the molecule is CCc1ccc(NC(=O)/C=C/c2ccccc2OC(F)(F)F)cc1S(N)(=O)=O. The van der Waals surface area contributed by atoms with Crippen molar-refractivity contribution in [2.24, 2.45) is 5.14 Å². The van der Waals surface area contributed by atoms with Crippen molar-refractivity contribution in [1.29, 1.82) is 0 Å². The number of rotatable bonds is 6. The van der Waals surface area contributed by atoms with E-state index in [1.807, 2.05) is 0 Å². The number of alkyl halides is 3. The number of ether oxygens (including phenoxy) is 1. The predicted molar refractivity (Wildman–Crippen MR) is 98.0 cm³/mol. The molecule has 2 rings (SSSR count). The number of primary sulfonamides is 1. The Balaban J connectivity index is 2.20. The second-order valence-electron chi connectivity index (χ2n) is 5.63. The molecule has 0 spiro atoms. The van der Waals surface area contributed by atoms with Gasteiger partial charge in [-0.05, 0) is 36.3 Å². The van der Waals surface area contributed by atoms with E-state index >= 15 is 0 Å². The molecule has 0 radical (unpaired) electrons. The van der Waals surface area contributed by atoms with E-state index in [2.05, 4.69) is 10.1 Å². The Labute approximate surface area is 159 Å². The molecule has 1 amide bonds. The molecule has 0 atom stereocenters. The summed E-state index contributed by atoms with van der Waals surface area (Å²) in [6.45, 7) is 1.76. The van der Waals surface area contributed by atoms with Gasteiger partial charge in [0.25, 0.3) is 0 Å². The van der Waals surface area contributed by atoms with Crippen molar-refractivity contribution in [3.63, 3.8) is 0 Å². The fourth-order valence-electron chi connectivity index (χ4n) is 2.37. The molecule has 28 heavy (non-hydrogen) atoms. The number of amides is 1. The van der Waals surface area contributed by atoms with Crippen molar-refractivity contribution >= 4 is 27.7 Å². The Morgan fingerprint density at radius 1 is 1.21 bits per heavy atom. The van der Waals surface area contributed by atoms with Crippen LogP contribution in [0.1, 0.15) is 18.1 Å². The molecule has 0 aliphatic carbocycles. The van der Waals surface area contributed by atoms with Gasteiger partial charge in [0.2, 0.25) is 15.9 Å². The maximum Gasteiger partial charge on any atom is 0.573 e. The minimum atomic E-state index is -4.86. The molecule has 0 saturated heterocycles. The molecular formula is C18H17F3N2O4S. The van der Waals surface area contributed by atoms with Crippen LogP contribution in [0.25, 0.3) is 6.08 Å². The van der Waals surface area contributed by atoms with Gasteiger partial charge in [0.05, 0.1) is 4.90 Å². The van der Waals surface area contributed by atoms with Crippen LogP contribution < -0.4 is 15.2 Å². The molecule has 0 aromatic heterocycles. The standard InChI is InChI=1S/C18H17F3N2O4S/c1-2-12-7-9-14(11-16(12)28(22,25)26)23-17(24)10-8-13-5-3-4-6-15(13)27-18(19,20)21/h3-11H,2H2,1H3,(H,23,24)(H2,22,25,26)/b10-8+. The molecule has 0 heterocycles. The minimum absolute atomic E-state index is 0.0431. The fourth-order valence-corrected chi connectivity index (χ4v) is 3.24. The molecular weight excluding hydrogens is 397 g/mol. The summed E-state index contributed by atoms with van der Waals surface area (Å²) in [7, 11) is -3.97. The van der Waals surface area contributed by atoms with Gasteiger partial charge in [-0.15, -0.1) is 13.2 Å². The molecule has 0 bridgehead atoms. The first kappa shape index (κ1) is 21.5. The molecule has 0 saturated carbocycles. The monoisotopic (exact) mass is 414 g/mol. The highest BCUT2D eigenvalue weighted by molar-refractivity contribution is 7.89. The second-order valence-corrected chi connectivity index (χ2v) is 7.16. The molecule has 3 N–H and O–H groups in total. The van der Waals surface area contributed by atoms with Gasteiger partial charge in [-0.3, -0.25) is 4.79 Å². The Morgan fingerprint density at radius 3 is 2.50 bits per heavy atom. The van der Waals surface area contributed by atoms with Crippen LogP contribution in [-0.4, -0.2) is 20.7 Å². The molecule has 6 nitrogen and oxygen atoms in total. The third-order valence-corrected chi connectivity index (χ3v) is 4.57. The Hall–Kier alpha value is -2.85. The molecule has 10 heteroatoms. The number of hydrogen-bond acceptors (Lipinski definition) is 4. The van der Waals surface area contributed by atoms with E-state index in [4.69, 9.17) is 5.14 Å². The molecule has 2 aromatic carbocycles. The van der Waals surface area contributed by atoms with Crippen LogP contribution in [0, 0.1) is 0 Å². The van der Waals surface area contributed by atoms with Crippen LogP contribution >= 0.6 is 0 Å². The highest BCUT2D eigenvalue weighted by Gasteiger charge is 2.31. The molecule has 0 aliphatic rings. The number of benzene rings is 2. The van der Waals surface area contributed by atoms with E-state index in [-0.39, 0.29) is 16.1 Å². The van der Waals surface area contributed by atoms with Crippen molar-refractivity contribution in [3.8, 4) is 5.75 Å². The first-order valence-corrected chi connectivity index (χ1v) is 9.54. The minimum Gasteiger partial charge on any atom is -0.405 e. The lowest BCUT2D eigenvalue weighted by atomic mass is 10.1. The second kappa shape index (κ2) is 8.44. The lowest BCUT2D eigenvalue weighted by Gasteiger charge is -2.11. The van der Waals surface area contributed by atoms with E-state index in [1.165, 1.54) is 36.4 Å². The number of para-hydroxylation sites is 1. The highest BCUT2D eigenvalue weighted by atomic mass is 32.2. The van der Waals surface area contributed by atoms with Crippen LogP contribution in [0.3, 0.4) is 0 Å². The summed E-state index contributed by atoms with van der Waals surface area (Å²) in [6.07, 6.45) is -2.28. The Morgan fingerprint density at radius 2 is 1.89 bits per heavy atom. The van der Waals surface area contributed by atoms with Crippen LogP contribution in [0.5, 0.6) is 5.75 Å². The number of nitrogens with one attached hydrogen (secondary N) is 1. The number of sulfonamides is 1. The number of aryl methyl sites for hydroxylation is 1. The van der Waals surface area contributed by atoms with Crippen LogP contribution in [0.15, 0.2) is 53.4 Å². The molecule has 2 aromatic rings. The normalized spacial score (nSPS) is 12.2. The van der Waals surface area contributed by atoms with Crippen molar-refractivity contribution < 1.29 is 31.1 Å². The summed E-state index contributed by atoms with van der Waals surface area (Å²) in [6, 6.07) is 9.56. The van der Waals surface area contributed by atoms with Gasteiger partial charge in [-0.25, -0.2) is 13.6 Å². The largest absolute Gasteiger partial charge is 0.573 e. The van der Waals surface area contributed by atoms with Crippen molar-refractivity contribution in [3.05, 3.63) is 59.7 Å².